The lowest BCUT2D eigenvalue weighted by atomic mass is 9.95. The third kappa shape index (κ3) is 2.88. The van der Waals surface area contributed by atoms with Gasteiger partial charge in [0.05, 0.1) is 17.6 Å². The fraction of sp³-hybridized carbons (Fsp3) is 0.533. The van der Waals surface area contributed by atoms with Crippen LogP contribution in [-0.2, 0) is 13.0 Å². The molecule has 20 heavy (non-hydrogen) atoms. The summed E-state index contributed by atoms with van der Waals surface area (Å²) in [4.78, 5) is 9.12. The van der Waals surface area contributed by atoms with Crippen LogP contribution < -0.4 is 5.32 Å². The van der Waals surface area contributed by atoms with Gasteiger partial charge >= 0.3 is 0 Å². The molecule has 1 N–H and O–H groups in total. The minimum absolute atomic E-state index is 0.699. The molecule has 106 valence electrons. The maximum Gasteiger partial charge on any atom is 0.107 e. The molecule has 0 amide bonds. The zero-order chi connectivity index (χ0) is 13.8. The third-order valence-electron chi connectivity index (χ3n) is 3.88. The topological polar surface area (TPSA) is 55.6 Å². The first kappa shape index (κ1) is 13.2. The van der Waals surface area contributed by atoms with Gasteiger partial charge in [-0.25, -0.2) is 0 Å². The van der Waals surface area contributed by atoms with Gasteiger partial charge in [0.2, 0.25) is 0 Å². The number of hydrogen-bond acceptors (Lipinski definition) is 4. The Labute approximate surface area is 119 Å². The normalized spacial score (nSPS) is 19.1. The van der Waals surface area contributed by atoms with E-state index in [2.05, 4.69) is 27.3 Å². The first-order valence-electron chi connectivity index (χ1n) is 7.40. The predicted octanol–water partition coefficient (Wildman–Crippen LogP) is 1.90. The smallest absolute Gasteiger partial charge is 0.107 e. The average Bonchev–Trinajstić information content (AvgIpc) is 2.98. The van der Waals surface area contributed by atoms with Crippen molar-refractivity contribution in [2.75, 3.05) is 13.1 Å². The van der Waals surface area contributed by atoms with E-state index in [1.807, 2.05) is 29.3 Å². The summed E-state index contributed by atoms with van der Waals surface area (Å²) in [7, 11) is 0. The maximum atomic E-state index is 4.57. The van der Waals surface area contributed by atoms with Gasteiger partial charge in [-0.15, -0.1) is 0 Å². The van der Waals surface area contributed by atoms with Crippen LogP contribution in [0.3, 0.4) is 0 Å². The summed E-state index contributed by atoms with van der Waals surface area (Å²) in [6.45, 7) is 5.18. The van der Waals surface area contributed by atoms with E-state index in [1.54, 1.807) is 0 Å². The Morgan fingerprint density at radius 2 is 2.30 bits per heavy atom. The van der Waals surface area contributed by atoms with E-state index < -0.39 is 0 Å². The molecule has 1 aliphatic heterocycles. The van der Waals surface area contributed by atoms with Gasteiger partial charge in [-0.1, -0.05) is 0 Å². The van der Waals surface area contributed by atoms with Crippen LogP contribution in [0.2, 0.25) is 0 Å². The molecule has 0 saturated carbocycles. The van der Waals surface area contributed by atoms with Crippen molar-refractivity contribution in [1.82, 2.24) is 25.1 Å². The van der Waals surface area contributed by atoms with Crippen LogP contribution in [-0.4, -0.2) is 32.8 Å². The summed E-state index contributed by atoms with van der Waals surface area (Å²) in [6.07, 6.45) is 9.17. The largest absolute Gasteiger partial charge is 0.316 e. The molecule has 0 spiro atoms. The highest BCUT2D eigenvalue weighted by atomic mass is 15.3. The monoisotopic (exact) mass is 271 g/mol. The number of aromatic nitrogens is 4. The van der Waals surface area contributed by atoms with E-state index in [0.717, 1.165) is 43.1 Å². The van der Waals surface area contributed by atoms with E-state index in [9.17, 15) is 0 Å². The quantitative estimate of drug-likeness (QED) is 0.923. The summed E-state index contributed by atoms with van der Waals surface area (Å²) in [5, 5.41) is 7.71. The van der Waals surface area contributed by atoms with Gasteiger partial charge < -0.3 is 5.32 Å². The molecule has 1 aliphatic rings. The Morgan fingerprint density at radius 3 is 3.00 bits per heavy atom. The van der Waals surface area contributed by atoms with Crippen molar-refractivity contribution in [3.63, 3.8) is 0 Å². The van der Waals surface area contributed by atoms with Gasteiger partial charge in [-0.2, -0.15) is 5.10 Å². The summed E-state index contributed by atoms with van der Waals surface area (Å²) in [6, 6.07) is 1.98. The molecule has 3 rings (SSSR count). The molecular weight excluding hydrogens is 250 g/mol. The Kier molecular flexibility index (Phi) is 4.06. The van der Waals surface area contributed by atoms with Crippen LogP contribution in [0.1, 0.15) is 25.5 Å². The molecule has 1 fully saturated rings. The number of hydrogen-bond donors (Lipinski definition) is 1. The van der Waals surface area contributed by atoms with Crippen LogP contribution in [0, 0.1) is 5.92 Å². The van der Waals surface area contributed by atoms with Crippen molar-refractivity contribution in [3.8, 4) is 11.4 Å². The second-order valence-corrected chi connectivity index (χ2v) is 5.34. The number of aryl methyl sites for hydroxylation is 1. The Morgan fingerprint density at radius 1 is 1.35 bits per heavy atom. The Bertz CT molecular complexity index is 540. The average molecular weight is 271 g/mol. The molecule has 1 saturated heterocycles. The van der Waals surface area contributed by atoms with Crippen molar-refractivity contribution >= 4 is 0 Å². The molecule has 0 radical (unpaired) electrons. The first-order chi connectivity index (χ1) is 9.86. The second-order valence-electron chi connectivity index (χ2n) is 5.34. The molecule has 3 heterocycles. The minimum Gasteiger partial charge on any atom is -0.316 e. The SMILES string of the molecule is CCn1nccc1-c1cnc(CC2CCCNC2)cn1. The molecule has 2 aromatic heterocycles. The van der Waals surface area contributed by atoms with E-state index >= 15 is 0 Å². The molecule has 2 aromatic rings. The standard InChI is InChI=1S/C15H21N5/c1-2-20-15(5-7-19-20)14-11-17-13(10-18-14)8-12-4-3-6-16-9-12/h5,7,10-12,16H,2-4,6,8-9H2,1H3. The lowest BCUT2D eigenvalue weighted by molar-refractivity contribution is 0.373. The molecule has 0 aliphatic carbocycles. The number of rotatable bonds is 4. The zero-order valence-electron chi connectivity index (χ0n) is 11.9. The van der Waals surface area contributed by atoms with Crippen LogP contribution in [0.5, 0.6) is 0 Å². The van der Waals surface area contributed by atoms with Crippen molar-refractivity contribution in [2.24, 2.45) is 5.92 Å². The third-order valence-corrected chi connectivity index (χ3v) is 3.88. The summed E-state index contributed by atoms with van der Waals surface area (Å²) in [5.74, 6) is 0.699. The van der Waals surface area contributed by atoms with E-state index in [-0.39, 0.29) is 0 Å². The van der Waals surface area contributed by atoms with Gasteiger partial charge in [0.1, 0.15) is 5.69 Å². The van der Waals surface area contributed by atoms with E-state index in [4.69, 9.17) is 0 Å². The second kappa shape index (κ2) is 6.13. The fourth-order valence-electron chi connectivity index (χ4n) is 2.79. The highest BCUT2D eigenvalue weighted by Crippen LogP contribution is 2.18. The van der Waals surface area contributed by atoms with Crippen LogP contribution in [0.25, 0.3) is 11.4 Å². The van der Waals surface area contributed by atoms with Gasteiger partial charge in [-0.05, 0) is 51.3 Å². The molecule has 1 unspecified atom stereocenters. The summed E-state index contributed by atoms with van der Waals surface area (Å²) < 4.78 is 1.94. The fourth-order valence-corrected chi connectivity index (χ4v) is 2.79. The predicted molar refractivity (Wildman–Crippen MR) is 78.2 cm³/mol. The van der Waals surface area contributed by atoms with Crippen LogP contribution >= 0.6 is 0 Å². The van der Waals surface area contributed by atoms with Crippen LogP contribution in [0.4, 0.5) is 0 Å². The Balaban J connectivity index is 1.71. The lowest BCUT2D eigenvalue weighted by Gasteiger charge is -2.22. The van der Waals surface area contributed by atoms with Crippen molar-refractivity contribution in [1.29, 1.82) is 0 Å². The van der Waals surface area contributed by atoms with Gasteiger partial charge in [-0.3, -0.25) is 14.6 Å². The number of nitrogens with zero attached hydrogens (tertiary/aromatic N) is 4. The Hall–Kier alpha value is -1.75. The highest BCUT2D eigenvalue weighted by Gasteiger charge is 2.14. The summed E-state index contributed by atoms with van der Waals surface area (Å²) >= 11 is 0. The van der Waals surface area contributed by atoms with Gasteiger partial charge in [0, 0.05) is 18.9 Å². The van der Waals surface area contributed by atoms with Crippen molar-refractivity contribution in [3.05, 3.63) is 30.4 Å². The van der Waals surface area contributed by atoms with E-state index in [1.165, 1.54) is 12.8 Å². The summed E-state index contributed by atoms with van der Waals surface area (Å²) in [5.41, 5.74) is 3.02. The van der Waals surface area contributed by atoms with E-state index in [0.29, 0.717) is 5.92 Å². The molecule has 5 heteroatoms. The number of nitrogens with one attached hydrogen (secondary N) is 1. The highest BCUT2D eigenvalue weighted by molar-refractivity contribution is 5.52. The van der Waals surface area contributed by atoms with Gasteiger partial charge in [0.15, 0.2) is 0 Å². The molecule has 5 nitrogen and oxygen atoms in total. The minimum atomic E-state index is 0.699. The maximum absolute atomic E-state index is 4.57. The van der Waals surface area contributed by atoms with Crippen molar-refractivity contribution < 1.29 is 0 Å². The lowest BCUT2D eigenvalue weighted by Crippen LogP contribution is -2.31. The molecular formula is C15H21N5. The molecule has 0 bridgehead atoms. The number of piperidine rings is 1. The molecule has 1 atom stereocenters. The van der Waals surface area contributed by atoms with Crippen LogP contribution in [0.15, 0.2) is 24.7 Å². The molecule has 0 aromatic carbocycles. The van der Waals surface area contributed by atoms with Gasteiger partial charge in [0.25, 0.3) is 0 Å². The first-order valence-corrected chi connectivity index (χ1v) is 7.40. The van der Waals surface area contributed by atoms with Crippen molar-refractivity contribution in [2.45, 2.75) is 32.7 Å². The zero-order valence-corrected chi connectivity index (χ0v) is 11.9.